The molecule has 1 aromatic heterocycles. The number of H-pyrrole nitrogens is 1. The fraction of sp³-hybridized carbons (Fsp3) is 0.424. The van der Waals surface area contributed by atoms with Crippen molar-refractivity contribution in [1.29, 1.82) is 0 Å². The zero-order valence-electron chi connectivity index (χ0n) is 24.2. The second-order valence-electron chi connectivity index (χ2n) is 11.4. The number of pyridine rings is 1. The first-order valence-electron chi connectivity index (χ1n) is 14.5. The van der Waals surface area contributed by atoms with Gasteiger partial charge in [-0.05, 0) is 98.0 Å². The number of rotatable bonds is 3. The SMILES string of the molecule is COc1ccc(-c2ccc(C(=O)N3CCC4(CCCCc5ccccc5O[C@H](C)C(=O)N(C)C4)CC3)c(=O)[nH]2)cc1. The average molecular weight is 558 g/mol. The first-order valence-corrected chi connectivity index (χ1v) is 14.5. The third kappa shape index (κ3) is 6.32. The molecule has 1 fully saturated rings. The highest BCUT2D eigenvalue weighted by Gasteiger charge is 2.38. The number of likely N-dealkylation sites (N-methyl/N-ethyl adjacent to an activating group) is 1. The summed E-state index contributed by atoms with van der Waals surface area (Å²) in [6.45, 7) is 3.54. The Bertz CT molecular complexity index is 1440. The molecule has 3 aromatic rings. The van der Waals surface area contributed by atoms with Crippen molar-refractivity contribution in [2.24, 2.45) is 5.41 Å². The van der Waals surface area contributed by atoms with Crippen LogP contribution in [0.4, 0.5) is 0 Å². The zero-order valence-corrected chi connectivity index (χ0v) is 24.2. The lowest BCUT2D eigenvalue weighted by Gasteiger charge is -2.44. The lowest BCUT2D eigenvalue weighted by atomic mass is 9.73. The molecule has 8 heteroatoms. The molecule has 3 heterocycles. The summed E-state index contributed by atoms with van der Waals surface area (Å²) >= 11 is 0. The van der Waals surface area contributed by atoms with Crippen molar-refractivity contribution in [2.75, 3.05) is 33.8 Å². The van der Waals surface area contributed by atoms with Crippen LogP contribution in [0.15, 0.2) is 65.5 Å². The van der Waals surface area contributed by atoms with Crippen LogP contribution in [0.3, 0.4) is 0 Å². The number of nitrogens with one attached hydrogen (secondary N) is 1. The van der Waals surface area contributed by atoms with E-state index in [9.17, 15) is 14.4 Å². The number of aromatic amines is 1. The number of aryl methyl sites for hydroxylation is 1. The number of carbonyl (C=O) groups excluding carboxylic acids is 2. The number of amides is 2. The Labute approximate surface area is 241 Å². The minimum Gasteiger partial charge on any atom is -0.497 e. The van der Waals surface area contributed by atoms with Crippen molar-refractivity contribution in [3.8, 4) is 22.8 Å². The molecule has 1 saturated heterocycles. The van der Waals surface area contributed by atoms with Crippen LogP contribution in [0, 0.1) is 5.41 Å². The summed E-state index contributed by atoms with van der Waals surface area (Å²) in [7, 11) is 3.46. The van der Waals surface area contributed by atoms with E-state index in [1.165, 1.54) is 0 Å². The second-order valence-corrected chi connectivity index (χ2v) is 11.4. The van der Waals surface area contributed by atoms with Crippen molar-refractivity contribution in [3.63, 3.8) is 0 Å². The Balaban J connectivity index is 1.27. The third-order valence-electron chi connectivity index (χ3n) is 8.63. The van der Waals surface area contributed by atoms with Crippen molar-refractivity contribution in [2.45, 2.75) is 51.6 Å². The van der Waals surface area contributed by atoms with E-state index in [0.29, 0.717) is 25.3 Å². The molecule has 2 amide bonds. The molecule has 1 N–H and O–H groups in total. The van der Waals surface area contributed by atoms with Gasteiger partial charge in [0.25, 0.3) is 17.4 Å². The number of nitrogens with zero attached hydrogens (tertiary/aromatic N) is 2. The summed E-state index contributed by atoms with van der Waals surface area (Å²) in [6.07, 6.45) is 4.95. The van der Waals surface area contributed by atoms with E-state index in [1.807, 2.05) is 56.4 Å². The summed E-state index contributed by atoms with van der Waals surface area (Å²) in [5, 5.41) is 0. The molecule has 41 heavy (non-hydrogen) atoms. The van der Waals surface area contributed by atoms with Gasteiger partial charge in [-0.25, -0.2) is 0 Å². The van der Waals surface area contributed by atoms with Crippen LogP contribution in [0.25, 0.3) is 11.3 Å². The molecular formula is C33H39N3O5. The molecule has 2 aromatic carbocycles. The van der Waals surface area contributed by atoms with Gasteiger partial charge in [0.05, 0.1) is 7.11 Å². The van der Waals surface area contributed by atoms with Gasteiger partial charge < -0.3 is 24.3 Å². The van der Waals surface area contributed by atoms with Crippen LogP contribution in [-0.2, 0) is 11.2 Å². The summed E-state index contributed by atoms with van der Waals surface area (Å²) in [6, 6.07) is 18.8. The molecule has 216 valence electrons. The minimum absolute atomic E-state index is 0.0401. The van der Waals surface area contributed by atoms with E-state index in [2.05, 4.69) is 11.1 Å². The Morgan fingerprint density at radius 1 is 0.976 bits per heavy atom. The number of likely N-dealkylation sites (tertiary alicyclic amines) is 1. The van der Waals surface area contributed by atoms with Gasteiger partial charge in [0.2, 0.25) is 0 Å². The van der Waals surface area contributed by atoms with Crippen molar-refractivity contribution < 1.29 is 19.1 Å². The number of aromatic nitrogens is 1. The van der Waals surface area contributed by atoms with Gasteiger partial charge in [0.1, 0.15) is 17.1 Å². The number of fused-ring (bicyclic) bond motifs is 1. The molecule has 5 rings (SSSR count). The molecule has 0 bridgehead atoms. The van der Waals surface area contributed by atoms with Crippen LogP contribution in [0.1, 0.15) is 54.9 Å². The Hall–Kier alpha value is -4.07. The lowest BCUT2D eigenvalue weighted by Crippen LogP contribution is -2.50. The minimum atomic E-state index is -0.577. The monoisotopic (exact) mass is 557 g/mol. The van der Waals surface area contributed by atoms with Crippen LogP contribution in [0.5, 0.6) is 11.5 Å². The topological polar surface area (TPSA) is 91.9 Å². The zero-order chi connectivity index (χ0) is 29.0. The van der Waals surface area contributed by atoms with E-state index in [1.54, 1.807) is 29.0 Å². The lowest BCUT2D eigenvalue weighted by molar-refractivity contribution is -0.138. The summed E-state index contributed by atoms with van der Waals surface area (Å²) in [5.74, 6) is 1.23. The highest BCUT2D eigenvalue weighted by molar-refractivity contribution is 5.94. The normalized spacial score (nSPS) is 19.5. The first-order chi connectivity index (χ1) is 19.8. The fourth-order valence-corrected chi connectivity index (χ4v) is 6.20. The maximum atomic E-state index is 13.4. The standard InChI is InChI=1S/C33H39N3O5/c1-23-31(38)35(2)22-33(17-7-6-9-25-8-4-5-10-29(25)41-23)18-20-36(21-19-33)32(39)27-15-16-28(34-30(27)37)24-11-13-26(40-3)14-12-24/h4-5,8,10-16,23H,6-7,9,17-22H2,1-3H3,(H,34,37)/t23-/m1/s1. The van der Waals surface area contributed by atoms with Gasteiger partial charge >= 0.3 is 0 Å². The molecule has 0 saturated carbocycles. The highest BCUT2D eigenvalue weighted by atomic mass is 16.5. The van der Waals surface area contributed by atoms with Crippen LogP contribution < -0.4 is 15.0 Å². The van der Waals surface area contributed by atoms with Gasteiger partial charge in [-0.1, -0.05) is 24.6 Å². The molecule has 0 radical (unpaired) electrons. The molecule has 0 aliphatic carbocycles. The van der Waals surface area contributed by atoms with Gasteiger partial charge in [0.15, 0.2) is 6.10 Å². The van der Waals surface area contributed by atoms with E-state index in [0.717, 1.165) is 61.2 Å². The summed E-state index contributed by atoms with van der Waals surface area (Å²) in [4.78, 5) is 46.1. The van der Waals surface area contributed by atoms with Gasteiger partial charge in [-0.3, -0.25) is 14.4 Å². The number of para-hydroxylation sites is 1. The number of piperidine rings is 1. The largest absolute Gasteiger partial charge is 0.497 e. The van der Waals surface area contributed by atoms with Crippen molar-refractivity contribution >= 4 is 11.8 Å². The Kier molecular flexibility index (Phi) is 8.47. The number of hydrogen-bond donors (Lipinski definition) is 1. The molecule has 2 aliphatic heterocycles. The van der Waals surface area contributed by atoms with Crippen LogP contribution in [0.2, 0.25) is 0 Å². The average Bonchev–Trinajstić information content (AvgIpc) is 2.99. The summed E-state index contributed by atoms with van der Waals surface area (Å²) < 4.78 is 11.3. The molecule has 1 spiro atoms. The molecular weight excluding hydrogens is 518 g/mol. The van der Waals surface area contributed by atoms with Crippen LogP contribution in [-0.4, -0.2) is 66.5 Å². The first kappa shape index (κ1) is 28.5. The number of ether oxygens (including phenoxy) is 2. The van der Waals surface area contributed by atoms with E-state index in [4.69, 9.17) is 9.47 Å². The molecule has 2 aliphatic rings. The second kappa shape index (κ2) is 12.2. The maximum absolute atomic E-state index is 13.4. The van der Waals surface area contributed by atoms with Crippen molar-refractivity contribution in [1.82, 2.24) is 14.8 Å². The third-order valence-corrected chi connectivity index (χ3v) is 8.63. The van der Waals surface area contributed by atoms with Crippen molar-refractivity contribution in [3.05, 3.63) is 82.1 Å². The van der Waals surface area contributed by atoms with E-state index >= 15 is 0 Å². The summed E-state index contributed by atoms with van der Waals surface area (Å²) in [5.41, 5.74) is 2.29. The molecule has 1 atom stereocenters. The molecule has 0 unspecified atom stereocenters. The fourth-order valence-electron chi connectivity index (χ4n) is 6.20. The van der Waals surface area contributed by atoms with E-state index < -0.39 is 11.7 Å². The Morgan fingerprint density at radius 3 is 2.41 bits per heavy atom. The van der Waals surface area contributed by atoms with E-state index in [-0.39, 0.29) is 22.8 Å². The smallest absolute Gasteiger partial charge is 0.263 e. The highest BCUT2D eigenvalue weighted by Crippen LogP contribution is 2.39. The van der Waals surface area contributed by atoms with Gasteiger partial charge in [0, 0.05) is 32.4 Å². The maximum Gasteiger partial charge on any atom is 0.263 e. The number of methoxy groups -OCH3 is 1. The van der Waals surface area contributed by atoms with Crippen LogP contribution >= 0.6 is 0 Å². The number of carbonyl (C=O) groups is 2. The number of hydrogen-bond acceptors (Lipinski definition) is 5. The Morgan fingerprint density at radius 2 is 1.71 bits per heavy atom. The molecule has 8 nitrogen and oxygen atoms in total. The quantitative estimate of drug-likeness (QED) is 0.493. The predicted molar refractivity (Wildman–Crippen MR) is 158 cm³/mol. The van der Waals surface area contributed by atoms with Gasteiger partial charge in [-0.15, -0.1) is 0 Å². The van der Waals surface area contributed by atoms with Gasteiger partial charge in [-0.2, -0.15) is 0 Å². The predicted octanol–water partition coefficient (Wildman–Crippen LogP) is 4.93. The number of benzene rings is 2.